The summed E-state index contributed by atoms with van der Waals surface area (Å²) in [5.41, 5.74) is 6.06. The van der Waals surface area contributed by atoms with Crippen LogP contribution in [-0.2, 0) is 19.1 Å². The summed E-state index contributed by atoms with van der Waals surface area (Å²) in [6.45, 7) is 8.03. The second-order valence-electron chi connectivity index (χ2n) is 7.00. The Morgan fingerprint density at radius 1 is 1.29 bits per heavy atom. The third kappa shape index (κ3) is 5.79. The molecule has 136 valence electrons. The maximum absolute atomic E-state index is 12.1. The van der Waals surface area contributed by atoms with Crippen molar-refractivity contribution in [2.75, 3.05) is 7.11 Å². The Morgan fingerprint density at radius 3 is 2.46 bits per heavy atom. The van der Waals surface area contributed by atoms with E-state index < -0.39 is 16.1 Å². The van der Waals surface area contributed by atoms with Crippen LogP contribution in [0.15, 0.2) is 29.2 Å². The summed E-state index contributed by atoms with van der Waals surface area (Å²) < 4.78 is 33.9. The molecule has 24 heavy (non-hydrogen) atoms. The van der Waals surface area contributed by atoms with E-state index in [1.807, 2.05) is 27.7 Å². The lowest BCUT2D eigenvalue weighted by Gasteiger charge is -2.32. The molecule has 0 aromatic heterocycles. The zero-order valence-corrected chi connectivity index (χ0v) is 15.7. The van der Waals surface area contributed by atoms with Gasteiger partial charge in [-0.25, -0.2) is 0 Å². The minimum Gasteiger partial charge on any atom is -0.497 e. The molecule has 0 aliphatic heterocycles. The van der Waals surface area contributed by atoms with Crippen molar-refractivity contribution in [2.45, 2.75) is 51.5 Å². The first kappa shape index (κ1) is 20.4. The van der Waals surface area contributed by atoms with E-state index in [9.17, 15) is 13.2 Å². The largest absolute Gasteiger partial charge is 0.497 e. The van der Waals surface area contributed by atoms with Gasteiger partial charge in [0.2, 0.25) is 0 Å². The van der Waals surface area contributed by atoms with E-state index in [0.717, 1.165) is 0 Å². The number of carbonyl (C=O) groups excluding carboxylic acids is 1. The summed E-state index contributed by atoms with van der Waals surface area (Å²) in [6, 6.07) is 5.69. The lowest BCUT2D eigenvalue weighted by molar-refractivity contribution is -0.134. The second-order valence-corrected chi connectivity index (χ2v) is 8.54. The first-order valence-corrected chi connectivity index (χ1v) is 9.25. The molecule has 1 aromatic carbocycles. The molecule has 7 heteroatoms. The third-order valence-corrected chi connectivity index (χ3v) is 5.19. The molecular weight excluding hydrogens is 330 g/mol. The molecule has 2 N–H and O–H groups in total. The van der Waals surface area contributed by atoms with Crippen LogP contribution in [0.5, 0.6) is 5.75 Å². The van der Waals surface area contributed by atoms with E-state index in [0.29, 0.717) is 12.2 Å². The minimum absolute atomic E-state index is 0.00581. The van der Waals surface area contributed by atoms with Gasteiger partial charge < -0.3 is 14.7 Å². The van der Waals surface area contributed by atoms with Gasteiger partial charge in [0.15, 0.2) is 0 Å². The van der Waals surface area contributed by atoms with Crippen molar-refractivity contribution in [3.8, 4) is 5.75 Å². The fraction of sp³-hybridized carbons (Fsp3) is 0.588. The SMILES string of the molecule is COc1cccc(S(=O)(=O)OC(=O)CCC(C)C(N)C(C)(C)C)c1. The average Bonchev–Trinajstić information content (AvgIpc) is 2.50. The van der Waals surface area contributed by atoms with Crippen molar-refractivity contribution in [3.63, 3.8) is 0 Å². The van der Waals surface area contributed by atoms with Crippen LogP contribution < -0.4 is 10.5 Å². The smallest absolute Gasteiger partial charge is 0.341 e. The summed E-state index contributed by atoms with van der Waals surface area (Å²) in [7, 11) is -2.72. The van der Waals surface area contributed by atoms with Crippen molar-refractivity contribution in [1.82, 2.24) is 0 Å². The lowest BCUT2D eigenvalue weighted by Crippen LogP contribution is -2.40. The first-order valence-electron chi connectivity index (χ1n) is 7.84. The zero-order chi connectivity index (χ0) is 18.5. The predicted molar refractivity (Wildman–Crippen MR) is 92.1 cm³/mol. The maximum atomic E-state index is 12.1. The molecule has 0 fully saturated rings. The highest BCUT2D eigenvalue weighted by Gasteiger charge is 2.27. The van der Waals surface area contributed by atoms with E-state index in [1.165, 1.54) is 25.3 Å². The Kier molecular flexibility index (Phi) is 6.80. The zero-order valence-electron chi connectivity index (χ0n) is 14.9. The fourth-order valence-corrected chi connectivity index (χ4v) is 3.28. The van der Waals surface area contributed by atoms with E-state index in [1.54, 1.807) is 6.07 Å². The Balaban J connectivity index is 2.67. The third-order valence-electron chi connectivity index (χ3n) is 3.95. The number of carbonyl (C=O) groups is 1. The quantitative estimate of drug-likeness (QED) is 0.754. The van der Waals surface area contributed by atoms with Crippen LogP contribution in [0.25, 0.3) is 0 Å². The molecule has 0 aliphatic carbocycles. The topological polar surface area (TPSA) is 95.7 Å². The maximum Gasteiger partial charge on any atom is 0.341 e. The van der Waals surface area contributed by atoms with E-state index in [4.69, 9.17) is 10.5 Å². The van der Waals surface area contributed by atoms with Gasteiger partial charge in [0.25, 0.3) is 0 Å². The Labute approximate surface area is 144 Å². The molecule has 0 radical (unpaired) electrons. The molecule has 1 rings (SSSR count). The standard InChI is InChI=1S/C17H27NO5S/c1-12(16(18)17(2,3)4)9-10-15(19)23-24(20,21)14-8-6-7-13(11-14)22-5/h6-8,11-12,16H,9-10,18H2,1-5H3. The molecule has 2 unspecified atom stereocenters. The lowest BCUT2D eigenvalue weighted by atomic mass is 9.79. The molecule has 0 bridgehead atoms. The number of ether oxygens (including phenoxy) is 1. The Bertz CT molecular complexity index is 664. The van der Waals surface area contributed by atoms with Gasteiger partial charge in [-0.1, -0.05) is 33.8 Å². The van der Waals surface area contributed by atoms with Crippen LogP contribution in [0.2, 0.25) is 0 Å². The van der Waals surface area contributed by atoms with E-state index in [-0.39, 0.29) is 28.7 Å². The second kappa shape index (κ2) is 7.98. The number of rotatable bonds is 7. The van der Waals surface area contributed by atoms with Gasteiger partial charge >= 0.3 is 16.1 Å². The molecule has 6 nitrogen and oxygen atoms in total. The van der Waals surface area contributed by atoms with Gasteiger partial charge in [-0.2, -0.15) is 8.42 Å². The summed E-state index contributed by atoms with van der Waals surface area (Å²) in [5, 5.41) is 0. The van der Waals surface area contributed by atoms with E-state index >= 15 is 0 Å². The monoisotopic (exact) mass is 357 g/mol. The van der Waals surface area contributed by atoms with Gasteiger partial charge in [0.1, 0.15) is 10.6 Å². The number of hydrogen-bond acceptors (Lipinski definition) is 6. The first-order chi connectivity index (χ1) is 11.0. The number of hydrogen-bond donors (Lipinski definition) is 1. The van der Waals surface area contributed by atoms with Crippen molar-refractivity contribution >= 4 is 16.1 Å². The molecule has 0 saturated carbocycles. The van der Waals surface area contributed by atoms with Gasteiger partial charge in [-0.3, -0.25) is 4.79 Å². The predicted octanol–water partition coefficient (Wildman–Crippen LogP) is 2.72. The molecular formula is C17H27NO5S. The fourth-order valence-electron chi connectivity index (χ4n) is 2.35. The number of methoxy groups -OCH3 is 1. The number of benzene rings is 1. The molecule has 0 spiro atoms. The van der Waals surface area contributed by atoms with Crippen LogP contribution in [0, 0.1) is 11.3 Å². The van der Waals surface area contributed by atoms with Gasteiger partial charge in [0.05, 0.1) is 7.11 Å². The average molecular weight is 357 g/mol. The molecule has 0 saturated heterocycles. The van der Waals surface area contributed by atoms with Gasteiger partial charge in [0, 0.05) is 18.5 Å². The molecule has 2 atom stereocenters. The number of nitrogens with two attached hydrogens (primary N) is 1. The van der Waals surface area contributed by atoms with Crippen molar-refractivity contribution in [2.24, 2.45) is 17.1 Å². The van der Waals surface area contributed by atoms with Crippen molar-refractivity contribution in [1.29, 1.82) is 0 Å². The van der Waals surface area contributed by atoms with Crippen LogP contribution in [0.3, 0.4) is 0 Å². The molecule has 0 heterocycles. The molecule has 0 aliphatic rings. The summed E-state index contributed by atoms with van der Waals surface area (Å²) in [5.74, 6) is -0.347. The summed E-state index contributed by atoms with van der Waals surface area (Å²) >= 11 is 0. The van der Waals surface area contributed by atoms with E-state index in [2.05, 4.69) is 4.18 Å². The van der Waals surface area contributed by atoms with Gasteiger partial charge in [-0.15, -0.1) is 0 Å². The van der Waals surface area contributed by atoms with Crippen LogP contribution >= 0.6 is 0 Å². The Morgan fingerprint density at radius 2 is 1.92 bits per heavy atom. The summed E-state index contributed by atoms with van der Waals surface area (Å²) in [6.07, 6.45) is 0.457. The highest BCUT2D eigenvalue weighted by Crippen LogP contribution is 2.26. The van der Waals surface area contributed by atoms with Crippen LogP contribution in [0.4, 0.5) is 0 Å². The van der Waals surface area contributed by atoms with Crippen LogP contribution in [-0.4, -0.2) is 27.5 Å². The molecule has 0 amide bonds. The summed E-state index contributed by atoms with van der Waals surface area (Å²) in [4.78, 5) is 11.8. The Hall–Kier alpha value is -1.60. The normalized spacial score (nSPS) is 14.8. The van der Waals surface area contributed by atoms with Crippen molar-refractivity contribution in [3.05, 3.63) is 24.3 Å². The highest BCUT2D eigenvalue weighted by molar-refractivity contribution is 7.87. The van der Waals surface area contributed by atoms with Crippen molar-refractivity contribution < 1.29 is 22.1 Å². The minimum atomic E-state index is -4.15. The van der Waals surface area contributed by atoms with Crippen LogP contribution in [0.1, 0.15) is 40.5 Å². The molecule has 1 aromatic rings. The highest BCUT2D eigenvalue weighted by atomic mass is 32.2. The van der Waals surface area contributed by atoms with Gasteiger partial charge in [-0.05, 0) is 29.9 Å².